The van der Waals surface area contributed by atoms with Crippen molar-refractivity contribution in [1.82, 2.24) is 0 Å². The maximum atomic E-state index is 13.3. The predicted octanol–water partition coefficient (Wildman–Crippen LogP) is 4.64. The van der Waals surface area contributed by atoms with E-state index in [4.69, 9.17) is 0 Å². The Morgan fingerprint density at radius 2 is 0.667 bits per heavy atom. The van der Waals surface area contributed by atoms with Crippen molar-refractivity contribution >= 4 is 23.1 Å². The first-order valence-electron chi connectivity index (χ1n) is 10.6. The second-order valence-corrected chi connectivity index (χ2v) is 9.32. The highest BCUT2D eigenvalue weighted by Gasteiger charge is 2.53. The van der Waals surface area contributed by atoms with Crippen molar-refractivity contribution < 1.29 is 19.2 Å². The molecule has 1 fully saturated rings. The smallest absolute Gasteiger partial charge is 0.167 e. The Morgan fingerprint density at radius 3 is 0.867 bits per heavy atom. The van der Waals surface area contributed by atoms with Crippen LogP contribution in [0.5, 0.6) is 0 Å². The summed E-state index contributed by atoms with van der Waals surface area (Å²) in [5, 5.41) is 0. The molecule has 0 aliphatic heterocycles. The molecule has 0 spiro atoms. The van der Waals surface area contributed by atoms with Gasteiger partial charge in [-0.1, -0.05) is 0 Å². The van der Waals surface area contributed by atoms with Crippen LogP contribution in [0.4, 0.5) is 0 Å². The van der Waals surface area contributed by atoms with Crippen molar-refractivity contribution in [2.24, 2.45) is 23.7 Å². The summed E-state index contributed by atoms with van der Waals surface area (Å²) < 4.78 is 0. The molecule has 1 saturated carbocycles. The first kappa shape index (κ1) is 19.1. The minimum atomic E-state index is -0.516. The van der Waals surface area contributed by atoms with Crippen LogP contribution >= 0.6 is 0 Å². The van der Waals surface area contributed by atoms with Crippen LogP contribution in [0.3, 0.4) is 0 Å². The van der Waals surface area contributed by atoms with E-state index >= 15 is 0 Å². The zero-order chi connectivity index (χ0) is 21.5. The Labute approximate surface area is 175 Å². The molecule has 4 heteroatoms. The molecule has 2 aromatic rings. The monoisotopic (exact) mass is 400 g/mol. The molecule has 4 nitrogen and oxygen atoms in total. The van der Waals surface area contributed by atoms with Gasteiger partial charge in [0.15, 0.2) is 23.1 Å². The molecule has 0 N–H and O–H groups in total. The Bertz CT molecular complexity index is 1000. The zero-order valence-corrected chi connectivity index (χ0v) is 17.7. The molecule has 0 heterocycles. The maximum absolute atomic E-state index is 13.3. The zero-order valence-electron chi connectivity index (χ0n) is 17.7. The summed E-state index contributed by atoms with van der Waals surface area (Å²) in [7, 11) is 0. The molecule has 2 aromatic carbocycles. The third kappa shape index (κ3) is 2.46. The summed E-state index contributed by atoms with van der Waals surface area (Å²) >= 11 is 0. The molecular formula is C26H24O4. The number of Topliss-reactive ketones (excluding diaryl/α,β-unsaturated/α-hetero) is 4. The average Bonchev–Trinajstić information content (AvgIpc) is 2.72. The number of carbonyl (C=O) groups excluding carboxylic acids is 4. The molecule has 0 saturated heterocycles. The van der Waals surface area contributed by atoms with Crippen LogP contribution < -0.4 is 0 Å². The molecule has 152 valence electrons. The molecule has 30 heavy (non-hydrogen) atoms. The molecule has 0 aromatic heterocycles. The SMILES string of the molecule is Cc1cc2c(cc1C)C(=O)[C@H]1C[C@H]3C(=O)c4cc(C)c(C)cc4C(=O)[C@H]3C[C@@H]1C2=O. The molecule has 0 amide bonds. The lowest BCUT2D eigenvalue weighted by Crippen LogP contribution is -2.49. The highest BCUT2D eigenvalue weighted by atomic mass is 16.2. The average molecular weight is 400 g/mol. The minimum absolute atomic E-state index is 0.0534. The number of rotatable bonds is 0. The largest absolute Gasteiger partial charge is 0.294 e. The van der Waals surface area contributed by atoms with Gasteiger partial charge in [0.2, 0.25) is 0 Å². The van der Waals surface area contributed by atoms with E-state index in [1.54, 1.807) is 0 Å². The van der Waals surface area contributed by atoms with Crippen LogP contribution in [0.1, 0.15) is 76.5 Å². The Balaban J connectivity index is 1.59. The number of hydrogen-bond donors (Lipinski definition) is 0. The lowest BCUT2D eigenvalue weighted by molar-refractivity contribution is 0.0438. The quantitative estimate of drug-likeness (QED) is 0.646. The van der Waals surface area contributed by atoms with E-state index in [0.717, 1.165) is 22.3 Å². The molecule has 3 aliphatic rings. The highest BCUT2D eigenvalue weighted by Crippen LogP contribution is 2.49. The first-order valence-corrected chi connectivity index (χ1v) is 10.6. The molecule has 5 rings (SSSR count). The van der Waals surface area contributed by atoms with E-state index < -0.39 is 23.7 Å². The van der Waals surface area contributed by atoms with Crippen LogP contribution in [-0.2, 0) is 0 Å². The fourth-order valence-corrected chi connectivity index (χ4v) is 5.61. The van der Waals surface area contributed by atoms with Gasteiger partial charge in [0.05, 0.1) is 0 Å². The molecule has 0 radical (unpaired) electrons. The van der Waals surface area contributed by atoms with Crippen molar-refractivity contribution in [3.8, 4) is 0 Å². The summed E-state index contributed by atoms with van der Waals surface area (Å²) in [6.07, 6.45) is 0.562. The van der Waals surface area contributed by atoms with Crippen molar-refractivity contribution in [2.45, 2.75) is 40.5 Å². The number of carbonyl (C=O) groups is 4. The Kier molecular flexibility index (Phi) is 4.02. The van der Waals surface area contributed by atoms with Crippen LogP contribution in [0, 0.1) is 51.4 Å². The third-order valence-electron chi connectivity index (χ3n) is 7.66. The molecule has 0 bridgehead atoms. The van der Waals surface area contributed by atoms with Gasteiger partial charge in [-0.05, 0) is 87.1 Å². The summed E-state index contributed by atoms with van der Waals surface area (Å²) in [4.78, 5) is 53.3. The second kappa shape index (κ2) is 6.31. The van der Waals surface area contributed by atoms with E-state index in [-0.39, 0.29) is 36.0 Å². The fourth-order valence-electron chi connectivity index (χ4n) is 5.61. The van der Waals surface area contributed by atoms with Crippen molar-refractivity contribution in [3.63, 3.8) is 0 Å². The Morgan fingerprint density at radius 1 is 0.467 bits per heavy atom. The molecular weight excluding hydrogens is 376 g/mol. The van der Waals surface area contributed by atoms with Gasteiger partial charge in [0.1, 0.15) is 0 Å². The maximum Gasteiger partial charge on any atom is 0.167 e. The molecule has 0 unspecified atom stereocenters. The van der Waals surface area contributed by atoms with E-state index in [2.05, 4.69) is 0 Å². The lowest BCUT2D eigenvalue weighted by atomic mass is 9.57. The van der Waals surface area contributed by atoms with Crippen LogP contribution in [0.15, 0.2) is 24.3 Å². The Hall–Kier alpha value is -2.88. The predicted molar refractivity (Wildman–Crippen MR) is 112 cm³/mol. The highest BCUT2D eigenvalue weighted by molar-refractivity contribution is 6.19. The third-order valence-corrected chi connectivity index (χ3v) is 7.66. The van der Waals surface area contributed by atoms with Crippen molar-refractivity contribution in [1.29, 1.82) is 0 Å². The van der Waals surface area contributed by atoms with Gasteiger partial charge in [-0.15, -0.1) is 0 Å². The number of benzene rings is 2. The van der Waals surface area contributed by atoms with E-state index in [0.29, 0.717) is 22.3 Å². The topological polar surface area (TPSA) is 68.3 Å². The van der Waals surface area contributed by atoms with Gasteiger partial charge in [-0.25, -0.2) is 0 Å². The summed E-state index contributed by atoms with van der Waals surface area (Å²) in [5.41, 5.74) is 5.81. The number of fused-ring (bicyclic) bond motifs is 4. The summed E-state index contributed by atoms with van der Waals surface area (Å²) in [5.74, 6) is -2.28. The minimum Gasteiger partial charge on any atom is -0.294 e. The van der Waals surface area contributed by atoms with Gasteiger partial charge in [-0.3, -0.25) is 19.2 Å². The van der Waals surface area contributed by atoms with Crippen molar-refractivity contribution in [2.75, 3.05) is 0 Å². The number of ketones is 4. The standard InChI is InChI=1S/C26H24O4/c1-11-5-15-16(6-12(11)2)24(28)20-10-22-21(9-19(20)23(15)27)25(29)17-7-13(3)14(4)8-18(17)26(22)30/h5-8,19-22H,9-10H2,1-4H3/t19-,20-,21-,22+/m0/s1. The number of aryl methyl sites for hydroxylation is 4. The molecule has 3 aliphatic carbocycles. The second-order valence-electron chi connectivity index (χ2n) is 9.32. The fraction of sp³-hybridized carbons (Fsp3) is 0.385. The van der Waals surface area contributed by atoms with Crippen LogP contribution in [0.25, 0.3) is 0 Å². The normalized spacial score (nSPS) is 27.3. The van der Waals surface area contributed by atoms with Crippen molar-refractivity contribution in [3.05, 3.63) is 68.8 Å². The van der Waals surface area contributed by atoms with E-state index in [9.17, 15) is 19.2 Å². The summed E-state index contributed by atoms with van der Waals surface area (Å²) in [6.45, 7) is 7.73. The van der Waals surface area contributed by atoms with E-state index in [1.807, 2.05) is 52.0 Å². The number of hydrogen-bond acceptors (Lipinski definition) is 4. The van der Waals surface area contributed by atoms with Gasteiger partial charge in [-0.2, -0.15) is 0 Å². The van der Waals surface area contributed by atoms with Gasteiger partial charge in [0.25, 0.3) is 0 Å². The van der Waals surface area contributed by atoms with Gasteiger partial charge < -0.3 is 0 Å². The van der Waals surface area contributed by atoms with Gasteiger partial charge in [0, 0.05) is 45.9 Å². The van der Waals surface area contributed by atoms with Gasteiger partial charge >= 0.3 is 0 Å². The van der Waals surface area contributed by atoms with Crippen LogP contribution in [-0.4, -0.2) is 23.1 Å². The van der Waals surface area contributed by atoms with Crippen LogP contribution in [0.2, 0.25) is 0 Å². The molecule has 4 atom stereocenters. The first-order chi connectivity index (χ1) is 14.2. The lowest BCUT2D eigenvalue weighted by Gasteiger charge is -2.43. The van der Waals surface area contributed by atoms with E-state index in [1.165, 1.54) is 0 Å². The summed E-state index contributed by atoms with van der Waals surface area (Å²) in [6, 6.07) is 7.23.